The van der Waals surface area contributed by atoms with E-state index in [1.165, 1.54) is 0 Å². The van der Waals surface area contributed by atoms with Gasteiger partial charge in [0.15, 0.2) is 0 Å². The maximum absolute atomic E-state index is 9.52. The molecule has 0 aromatic carbocycles. The molecule has 1 aliphatic heterocycles. The fraction of sp³-hybridized carbons (Fsp3) is 0.714. The first-order chi connectivity index (χ1) is 9.45. The summed E-state index contributed by atoms with van der Waals surface area (Å²) >= 11 is 6.30. The standard InChI is InChI=1S/C14H22ClN5/c1-10(2)19-5-7-20(8-6-19)12(9-16)13-14(15)18(4)11(3)17-13/h10,12H,5-8H2,1-4H3. The van der Waals surface area contributed by atoms with Crippen molar-refractivity contribution in [1.29, 1.82) is 5.26 Å². The maximum Gasteiger partial charge on any atom is 0.144 e. The van der Waals surface area contributed by atoms with E-state index >= 15 is 0 Å². The topological polar surface area (TPSA) is 48.1 Å². The molecule has 1 fully saturated rings. The molecule has 0 amide bonds. The van der Waals surface area contributed by atoms with E-state index < -0.39 is 0 Å². The molecule has 1 aromatic heterocycles. The molecule has 2 rings (SSSR count). The molecule has 1 saturated heterocycles. The van der Waals surface area contributed by atoms with Crippen LogP contribution in [0, 0.1) is 18.3 Å². The van der Waals surface area contributed by atoms with Crippen molar-refractivity contribution >= 4 is 11.6 Å². The van der Waals surface area contributed by atoms with Crippen LogP contribution < -0.4 is 0 Å². The lowest BCUT2D eigenvalue weighted by Crippen LogP contribution is -2.49. The van der Waals surface area contributed by atoms with Gasteiger partial charge in [0.1, 0.15) is 22.7 Å². The lowest BCUT2D eigenvalue weighted by molar-refractivity contribution is 0.0922. The predicted octanol–water partition coefficient (Wildman–Crippen LogP) is 1.97. The van der Waals surface area contributed by atoms with Crippen LogP contribution in [-0.2, 0) is 7.05 Å². The highest BCUT2D eigenvalue weighted by Crippen LogP contribution is 2.28. The van der Waals surface area contributed by atoms with Crippen molar-refractivity contribution in [1.82, 2.24) is 19.4 Å². The number of aromatic nitrogens is 2. The van der Waals surface area contributed by atoms with E-state index in [1.807, 2.05) is 18.5 Å². The average Bonchev–Trinajstić information content (AvgIpc) is 2.68. The third-order valence-corrected chi connectivity index (χ3v) is 4.55. The molecule has 1 aromatic rings. The van der Waals surface area contributed by atoms with E-state index in [9.17, 15) is 5.26 Å². The molecular formula is C14H22ClN5. The summed E-state index contributed by atoms with van der Waals surface area (Å²) < 4.78 is 1.82. The van der Waals surface area contributed by atoms with Crippen LogP contribution in [0.5, 0.6) is 0 Å². The maximum atomic E-state index is 9.52. The van der Waals surface area contributed by atoms with Gasteiger partial charge in [-0.3, -0.25) is 9.80 Å². The van der Waals surface area contributed by atoms with Crippen LogP contribution in [-0.4, -0.2) is 51.6 Å². The van der Waals surface area contributed by atoms with Crippen molar-refractivity contribution in [2.24, 2.45) is 7.05 Å². The van der Waals surface area contributed by atoms with Crippen molar-refractivity contribution in [2.75, 3.05) is 26.2 Å². The van der Waals surface area contributed by atoms with Gasteiger partial charge in [0.05, 0.1) is 6.07 Å². The first-order valence-corrected chi connectivity index (χ1v) is 7.40. The number of hydrogen-bond donors (Lipinski definition) is 0. The zero-order chi connectivity index (χ0) is 14.9. The second kappa shape index (κ2) is 6.13. The Morgan fingerprint density at radius 3 is 2.15 bits per heavy atom. The molecule has 1 atom stereocenters. The number of aryl methyl sites for hydroxylation is 1. The molecular weight excluding hydrogens is 274 g/mol. The van der Waals surface area contributed by atoms with Crippen molar-refractivity contribution in [3.63, 3.8) is 0 Å². The lowest BCUT2D eigenvalue weighted by Gasteiger charge is -2.38. The van der Waals surface area contributed by atoms with E-state index in [0.29, 0.717) is 16.9 Å². The zero-order valence-electron chi connectivity index (χ0n) is 12.6. The Hall–Kier alpha value is -1.09. The van der Waals surface area contributed by atoms with Crippen LogP contribution >= 0.6 is 11.6 Å². The van der Waals surface area contributed by atoms with Gasteiger partial charge in [-0.1, -0.05) is 11.6 Å². The molecule has 1 unspecified atom stereocenters. The summed E-state index contributed by atoms with van der Waals surface area (Å²) in [5.74, 6) is 0.839. The van der Waals surface area contributed by atoms with Crippen molar-refractivity contribution in [3.8, 4) is 6.07 Å². The fourth-order valence-electron chi connectivity index (χ4n) is 2.61. The molecule has 0 spiro atoms. The number of halogens is 1. The number of imidazole rings is 1. The van der Waals surface area contributed by atoms with Crippen LogP contribution in [0.2, 0.25) is 5.15 Å². The van der Waals surface area contributed by atoms with Crippen molar-refractivity contribution < 1.29 is 0 Å². The van der Waals surface area contributed by atoms with Gasteiger partial charge in [-0.2, -0.15) is 5.26 Å². The van der Waals surface area contributed by atoms with Gasteiger partial charge < -0.3 is 4.57 Å². The summed E-state index contributed by atoms with van der Waals surface area (Å²) in [7, 11) is 1.87. The van der Waals surface area contributed by atoms with Gasteiger partial charge in [0.25, 0.3) is 0 Å². The molecule has 5 nitrogen and oxygen atoms in total. The van der Waals surface area contributed by atoms with Gasteiger partial charge in [0, 0.05) is 39.3 Å². The smallest absolute Gasteiger partial charge is 0.144 e. The molecule has 0 saturated carbocycles. The number of hydrogen-bond acceptors (Lipinski definition) is 4. The highest BCUT2D eigenvalue weighted by Gasteiger charge is 2.29. The van der Waals surface area contributed by atoms with Gasteiger partial charge >= 0.3 is 0 Å². The molecule has 110 valence electrons. The minimum atomic E-state index is -0.350. The predicted molar refractivity (Wildman–Crippen MR) is 79.6 cm³/mol. The highest BCUT2D eigenvalue weighted by molar-refractivity contribution is 6.30. The Balaban J connectivity index is 2.14. The van der Waals surface area contributed by atoms with Gasteiger partial charge in [-0.15, -0.1) is 0 Å². The Bertz CT molecular complexity index is 508. The first kappa shape index (κ1) is 15.3. The second-order valence-corrected chi connectivity index (χ2v) is 5.95. The number of rotatable bonds is 3. The molecule has 0 aliphatic carbocycles. The number of nitrogens with zero attached hydrogens (tertiary/aromatic N) is 5. The van der Waals surface area contributed by atoms with E-state index in [4.69, 9.17) is 11.6 Å². The van der Waals surface area contributed by atoms with Crippen molar-refractivity contribution in [2.45, 2.75) is 32.9 Å². The first-order valence-electron chi connectivity index (χ1n) is 7.02. The molecule has 20 heavy (non-hydrogen) atoms. The summed E-state index contributed by atoms with van der Waals surface area (Å²) in [6.07, 6.45) is 0. The molecule has 2 heterocycles. The summed E-state index contributed by atoms with van der Waals surface area (Å²) in [5.41, 5.74) is 0.687. The lowest BCUT2D eigenvalue weighted by atomic mass is 10.1. The van der Waals surface area contributed by atoms with Crippen LogP contribution in [0.3, 0.4) is 0 Å². The molecule has 0 radical (unpaired) electrons. The zero-order valence-corrected chi connectivity index (χ0v) is 13.4. The van der Waals surface area contributed by atoms with Crippen molar-refractivity contribution in [3.05, 3.63) is 16.7 Å². The number of nitriles is 1. The molecule has 6 heteroatoms. The average molecular weight is 296 g/mol. The van der Waals surface area contributed by atoms with Gasteiger partial charge in [0.2, 0.25) is 0 Å². The Labute approximate surface area is 125 Å². The monoisotopic (exact) mass is 295 g/mol. The third kappa shape index (κ3) is 2.83. The normalized spacial score (nSPS) is 19.2. The van der Waals surface area contributed by atoms with Crippen LogP contribution in [0.1, 0.15) is 31.4 Å². The third-order valence-electron chi connectivity index (χ3n) is 4.10. The van der Waals surface area contributed by atoms with E-state index in [-0.39, 0.29) is 6.04 Å². The summed E-state index contributed by atoms with van der Waals surface area (Å²) in [6, 6.07) is 2.56. The number of piperazine rings is 1. The SMILES string of the molecule is Cc1nc(C(C#N)N2CCN(C(C)C)CC2)c(Cl)n1C. The second-order valence-electron chi connectivity index (χ2n) is 5.59. The van der Waals surface area contributed by atoms with E-state index in [2.05, 4.69) is 34.7 Å². The van der Waals surface area contributed by atoms with Gasteiger partial charge in [-0.25, -0.2) is 4.98 Å². The Morgan fingerprint density at radius 1 is 1.20 bits per heavy atom. The molecule has 1 aliphatic rings. The molecule has 0 bridgehead atoms. The minimum absolute atomic E-state index is 0.350. The quantitative estimate of drug-likeness (QED) is 0.855. The van der Waals surface area contributed by atoms with Crippen LogP contribution in [0.4, 0.5) is 0 Å². The van der Waals surface area contributed by atoms with E-state index in [0.717, 1.165) is 32.0 Å². The summed E-state index contributed by atoms with van der Waals surface area (Å²) in [4.78, 5) is 9.06. The Morgan fingerprint density at radius 2 is 1.75 bits per heavy atom. The largest absolute Gasteiger partial charge is 0.322 e. The summed E-state index contributed by atoms with van der Waals surface area (Å²) in [6.45, 7) is 10.0. The Kier molecular flexibility index (Phi) is 4.69. The van der Waals surface area contributed by atoms with Crippen LogP contribution in [0.15, 0.2) is 0 Å². The summed E-state index contributed by atoms with van der Waals surface area (Å²) in [5, 5.41) is 10.1. The fourth-order valence-corrected chi connectivity index (χ4v) is 2.88. The minimum Gasteiger partial charge on any atom is -0.322 e. The van der Waals surface area contributed by atoms with Crippen LogP contribution in [0.25, 0.3) is 0 Å². The molecule has 0 N–H and O–H groups in total. The van der Waals surface area contributed by atoms with E-state index in [1.54, 1.807) is 0 Å². The highest BCUT2D eigenvalue weighted by atomic mass is 35.5. The van der Waals surface area contributed by atoms with Gasteiger partial charge in [-0.05, 0) is 20.8 Å².